The van der Waals surface area contributed by atoms with Gasteiger partial charge in [0.15, 0.2) is 11.6 Å². The fourth-order valence-electron chi connectivity index (χ4n) is 2.36. The molecule has 0 saturated carbocycles. The van der Waals surface area contributed by atoms with Gasteiger partial charge >= 0.3 is 0 Å². The Morgan fingerprint density at radius 2 is 1.43 bits per heavy atom. The highest BCUT2D eigenvalue weighted by atomic mass is 15.2. The topological polar surface area (TPSA) is 67.3 Å². The van der Waals surface area contributed by atoms with E-state index >= 15 is 0 Å². The Hall–Kier alpha value is -3.34. The lowest BCUT2D eigenvalue weighted by molar-refractivity contribution is 1.09. The molecule has 1 aromatic carbocycles. The van der Waals surface area contributed by atoms with Crippen molar-refractivity contribution in [3.63, 3.8) is 0 Å². The van der Waals surface area contributed by atoms with Gasteiger partial charge in [0.25, 0.3) is 0 Å². The molecule has 5 nitrogen and oxygen atoms in total. The molecule has 0 fully saturated rings. The number of hydrogen-bond acceptors (Lipinski definition) is 4. The number of nitrogens with one attached hydrogen (secondary N) is 1. The molecule has 0 spiro atoms. The second kappa shape index (κ2) is 5.81. The molecule has 110 valence electrons. The zero-order valence-corrected chi connectivity index (χ0v) is 12.2. The van der Waals surface area contributed by atoms with Crippen molar-refractivity contribution in [3.8, 4) is 34.0 Å². The van der Waals surface area contributed by atoms with Crippen molar-refractivity contribution in [2.24, 2.45) is 0 Å². The van der Waals surface area contributed by atoms with E-state index in [-0.39, 0.29) is 0 Å². The number of nitrogens with zero attached hydrogens (tertiary/aromatic N) is 4. The van der Waals surface area contributed by atoms with E-state index in [4.69, 9.17) is 0 Å². The van der Waals surface area contributed by atoms with Gasteiger partial charge in [-0.25, -0.2) is 4.98 Å². The van der Waals surface area contributed by atoms with E-state index in [1.165, 1.54) is 0 Å². The Labute approximate surface area is 133 Å². The van der Waals surface area contributed by atoms with Crippen molar-refractivity contribution in [2.75, 3.05) is 0 Å². The van der Waals surface area contributed by atoms with Crippen LogP contribution in [-0.4, -0.2) is 25.1 Å². The van der Waals surface area contributed by atoms with Gasteiger partial charge in [-0.05, 0) is 35.4 Å². The van der Waals surface area contributed by atoms with E-state index in [1.807, 2.05) is 42.5 Å². The molecule has 0 aliphatic rings. The van der Waals surface area contributed by atoms with Crippen molar-refractivity contribution in [3.05, 3.63) is 73.2 Å². The molecule has 3 aromatic heterocycles. The SMILES string of the molecule is c1ccc(-c2nc(-c3ccc(-c4ccncc4)cc3)n[nH]2)nc1. The summed E-state index contributed by atoms with van der Waals surface area (Å²) in [5.74, 6) is 1.32. The summed E-state index contributed by atoms with van der Waals surface area (Å²) in [6, 6.07) is 17.8. The first-order valence-electron chi connectivity index (χ1n) is 7.25. The summed E-state index contributed by atoms with van der Waals surface area (Å²) >= 11 is 0. The summed E-state index contributed by atoms with van der Waals surface area (Å²) in [4.78, 5) is 12.8. The van der Waals surface area contributed by atoms with E-state index in [2.05, 4.69) is 37.3 Å². The predicted octanol–water partition coefficient (Wildman–Crippen LogP) is 3.60. The number of hydrogen-bond donors (Lipinski definition) is 1. The molecule has 4 rings (SSSR count). The Bertz CT molecular complexity index is 899. The maximum atomic E-state index is 4.51. The smallest absolute Gasteiger partial charge is 0.181 e. The highest BCUT2D eigenvalue weighted by Crippen LogP contribution is 2.23. The summed E-state index contributed by atoms with van der Waals surface area (Å²) in [6.07, 6.45) is 5.32. The summed E-state index contributed by atoms with van der Waals surface area (Å²) in [5.41, 5.74) is 4.01. The number of benzene rings is 1. The van der Waals surface area contributed by atoms with Crippen LogP contribution in [0.15, 0.2) is 73.2 Å². The second-order valence-corrected chi connectivity index (χ2v) is 5.04. The van der Waals surface area contributed by atoms with Crippen LogP contribution >= 0.6 is 0 Å². The Morgan fingerprint density at radius 3 is 2.17 bits per heavy atom. The van der Waals surface area contributed by atoms with E-state index in [0.717, 1.165) is 22.4 Å². The number of aromatic nitrogens is 5. The molecular formula is C18H13N5. The first kappa shape index (κ1) is 13.3. The standard InChI is InChI=1S/C18H13N5/c1-2-10-20-16(3-1)18-21-17(22-23-18)15-6-4-13(5-7-15)14-8-11-19-12-9-14/h1-12H,(H,21,22,23). The maximum absolute atomic E-state index is 4.51. The molecule has 0 radical (unpaired) electrons. The van der Waals surface area contributed by atoms with Crippen LogP contribution in [-0.2, 0) is 0 Å². The third kappa shape index (κ3) is 2.72. The fraction of sp³-hybridized carbons (Fsp3) is 0. The number of pyridine rings is 2. The molecule has 23 heavy (non-hydrogen) atoms. The van der Waals surface area contributed by atoms with Crippen LogP contribution in [0.5, 0.6) is 0 Å². The van der Waals surface area contributed by atoms with Crippen molar-refractivity contribution < 1.29 is 0 Å². The normalized spacial score (nSPS) is 10.6. The molecule has 1 N–H and O–H groups in total. The molecule has 0 atom stereocenters. The average molecular weight is 299 g/mol. The van der Waals surface area contributed by atoms with Gasteiger partial charge in [-0.15, -0.1) is 0 Å². The molecule has 5 heteroatoms. The van der Waals surface area contributed by atoms with Gasteiger partial charge in [-0.3, -0.25) is 15.1 Å². The van der Waals surface area contributed by atoms with Gasteiger partial charge in [0.2, 0.25) is 0 Å². The largest absolute Gasteiger partial charge is 0.265 e. The zero-order valence-electron chi connectivity index (χ0n) is 12.2. The lowest BCUT2D eigenvalue weighted by Gasteiger charge is -2.01. The minimum Gasteiger partial charge on any atom is -0.265 e. The van der Waals surface area contributed by atoms with Gasteiger partial charge in [0.1, 0.15) is 5.69 Å². The first-order chi connectivity index (χ1) is 11.4. The van der Waals surface area contributed by atoms with Crippen LogP contribution in [0.25, 0.3) is 34.0 Å². The van der Waals surface area contributed by atoms with Crippen molar-refractivity contribution >= 4 is 0 Å². The lowest BCUT2D eigenvalue weighted by Crippen LogP contribution is -1.84. The first-order valence-corrected chi connectivity index (χ1v) is 7.25. The van der Waals surface area contributed by atoms with E-state index in [0.29, 0.717) is 11.6 Å². The van der Waals surface area contributed by atoms with Crippen molar-refractivity contribution in [1.29, 1.82) is 0 Å². The maximum Gasteiger partial charge on any atom is 0.181 e. The van der Waals surface area contributed by atoms with E-state index < -0.39 is 0 Å². The van der Waals surface area contributed by atoms with Crippen LogP contribution in [0, 0.1) is 0 Å². The minimum atomic E-state index is 0.659. The highest BCUT2D eigenvalue weighted by Gasteiger charge is 2.08. The Kier molecular flexibility index (Phi) is 3.37. The lowest BCUT2D eigenvalue weighted by atomic mass is 10.1. The zero-order chi connectivity index (χ0) is 15.5. The Morgan fingerprint density at radius 1 is 0.696 bits per heavy atom. The number of rotatable bonds is 3. The third-order valence-electron chi connectivity index (χ3n) is 3.55. The monoisotopic (exact) mass is 299 g/mol. The highest BCUT2D eigenvalue weighted by molar-refractivity contribution is 5.67. The van der Waals surface area contributed by atoms with Gasteiger partial charge in [-0.1, -0.05) is 30.3 Å². The number of H-pyrrole nitrogens is 1. The quantitative estimate of drug-likeness (QED) is 0.627. The van der Waals surface area contributed by atoms with Gasteiger partial charge in [-0.2, -0.15) is 5.10 Å². The second-order valence-electron chi connectivity index (χ2n) is 5.04. The molecule has 0 unspecified atom stereocenters. The molecule has 0 aliphatic heterocycles. The molecule has 0 amide bonds. The van der Waals surface area contributed by atoms with Crippen molar-refractivity contribution in [2.45, 2.75) is 0 Å². The molecule has 0 bridgehead atoms. The molecule has 0 aliphatic carbocycles. The van der Waals surface area contributed by atoms with Crippen molar-refractivity contribution in [1.82, 2.24) is 25.1 Å². The third-order valence-corrected chi connectivity index (χ3v) is 3.55. The van der Waals surface area contributed by atoms with Gasteiger partial charge in [0.05, 0.1) is 0 Å². The van der Waals surface area contributed by atoms with Crippen LogP contribution in [0.4, 0.5) is 0 Å². The predicted molar refractivity (Wildman–Crippen MR) is 88.3 cm³/mol. The van der Waals surface area contributed by atoms with Crippen LogP contribution < -0.4 is 0 Å². The molecule has 0 saturated heterocycles. The van der Waals surface area contributed by atoms with Crippen LogP contribution in [0.1, 0.15) is 0 Å². The van der Waals surface area contributed by atoms with Crippen LogP contribution in [0.3, 0.4) is 0 Å². The van der Waals surface area contributed by atoms with Crippen LogP contribution in [0.2, 0.25) is 0 Å². The Balaban J connectivity index is 1.63. The molecular weight excluding hydrogens is 286 g/mol. The van der Waals surface area contributed by atoms with Gasteiger partial charge in [0, 0.05) is 24.2 Å². The minimum absolute atomic E-state index is 0.659. The summed E-state index contributed by atoms with van der Waals surface area (Å²) in [5, 5.41) is 7.21. The summed E-state index contributed by atoms with van der Waals surface area (Å²) in [6.45, 7) is 0. The summed E-state index contributed by atoms with van der Waals surface area (Å²) < 4.78 is 0. The number of aromatic amines is 1. The molecule has 4 aromatic rings. The molecule has 3 heterocycles. The van der Waals surface area contributed by atoms with Gasteiger partial charge < -0.3 is 0 Å². The average Bonchev–Trinajstić information content (AvgIpc) is 3.14. The van der Waals surface area contributed by atoms with E-state index in [1.54, 1.807) is 18.6 Å². The van der Waals surface area contributed by atoms with E-state index in [9.17, 15) is 0 Å². The fourth-order valence-corrected chi connectivity index (χ4v) is 2.36. The summed E-state index contributed by atoms with van der Waals surface area (Å²) in [7, 11) is 0.